The molecule has 3 heterocycles. The van der Waals surface area contributed by atoms with Crippen LogP contribution >= 0.6 is 0 Å². The maximum atomic E-state index is 5.35. The van der Waals surface area contributed by atoms with Gasteiger partial charge >= 0.3 is 0 Å². The highest BCUT2D eigenvalue weighted by Crippen LogP contribution is 2.22. The molecule has 2 N–H and O–H groups in total. The maximum Gasteiger partial charge on any atom is 0.225 e. The predicted molar refractivity (Wildman–Crippen MR) is 94.7 cm³/mol. The van der Waals surface area contributed by atoms with Gasteiger partial charge in [-0.15, -0.1) is 0 Å². The Labute approximate surface area is 141 Å². The third-order valence-electron chi connectivity index (χ3n) is 3.21. The summed E-state index contributed by atoms with van der Waals surface area (Å²) < 4.78 is 5.35. The van der Waals surface area contributed by atoms with Crippen molar-refractivity contribution in [3.05, 3.63) is 54.7 Å². The second kappa shape index (κ2) is 6.70. The molecule has 0 fully saturated rings. The van der Waals surface area contributed by atoms with Gasteiger partial charge in [-0.2, -0.15) is 4.98 Å². The molecule has 0 aliphatic carbocycles. The van der Waals surface area contributed by atoms with Crippen molar-refractivity contribution in [2.45, 2.75) is 32.9 Å². The normalized spacial score (nSPS) is 11.3. The Bertz CT molecular complexity index is 779. The fourth-order valence-electron chi connectivity index (χ4n) is 2.19. The van der Waals surface area contributed by atoms with Gasteiger partial charge in [-0.3, -0.25) is 4.98 Å². The second-order valence-corrected chi connectivity index (χ2v) is 6.51. The zero-order valence-corrected chi connectivity index (χ0v) is 14.1. The number of hydrogen-bond acceptors (Lipinski definition) is 6. The summed E-state index contributed by atoms with van der Waals surface area (Å²) in [7, 11) is 0. The van der Waals surface area contributed by atoms with Gasteiger partial charge in [-0.05, 0) is 45.0 Å². The highest BCUT2D eigenvalue weighted by Gasteiger charge is 2.14. The lowest BCUT2D eigenvalue weighted by Crippen LogP contribution is -2.27. The van der Waals surface area contributed by atoms with Gasteiger partial charge in [0.2, 0.25) is 5.95 Å². The van der Waals surface area contributed by atoms with Gasteiger partial charge in [0, 0.05) is 29.6 Å². The minimum Gasteiger partial charge on any atom is -0.467 e. The van der Waals surface area contributed by atoms with Crippen LogP contribution in [0.4, 0.5) is 11.8 Å². The van der Waals surface area contributed by atoms with Crippen molar-refractivity contribution in [3.8, 4) is 11.3 Å². The predicted octanol–water partition coefficient (Wildman–Crippen LogP) is 3.95. The average molecular weight is 323 g/mol. The minimum absolute atomic E-state index is 0.130. The lowest BCUT2D eigenvalue weighted by Gasteiger charge is -2.21. The number of pyridine rings is 1. The zero-order valence-electron chi connectivity index (χ0n) is 14.1. The molecular formula is C18H21N5O. The quantitative estimate of drug-likeness (QED) is 0.740. The topological polar surface area (TPSA) is 75.9 Å². The van der Waals surface area contributed by atoms with E-state index in [2.05, 4.69) is 46.4 Å². The Morgan fingerprint density at radius 3 is 2.54 bits per heavy atom. The summed E-state index contributed by atoms with van der Waals surface area (Å²) in [5, 5.41) is 6.61. The highest BCUT2D eigenvalue weighted by molar-refractivity contribution is 5.64. The first-order valence-electron chi connectivity index (χ1n) is 7.83. The van der Waals surface area contributed by atoms with E-state index in [4.69, 9.17) is 4.42 Å². The van der Waals surface area contributed by atoms with E-state index < -0.39 is 0 Å². The van der Waals surface area contributed by atoms with Crippen molar-refractivity contribution in [1.82, 2.24) is 15.0 Å². The molecule has 0 aromatic carbocycles. The molecule has 0 spiro atoms. The molecule has 0 unspecified atom stereocenters. The number of anilines is 2. The lowest BCUT2D eigenvalue weighted by molar-refractivity contribution is 0.518. The number of aromatic nitrogens is 3. The van der Waals surface area contributed by atoms with E-state index in [1.807, 2.05) is 30.3 Å². The van der Waals surface area contributed by atoms with Crippen molar-refractivity contribution in [1.29, 1.82) is 0 Å². The van der Waals surface area contributed by atoms with Crippen molar-refractivity contribution >= 4 is 11.8 Å². The Hall–Kier alpha value is -2.89. The monoisotopic (exact) mass is 323 g/mol. The SMILES string of the molecule is CC(C)(C)Nc1nc(NCc2ccco2)cc(-c2ccncc2)n1. The van der Waals surface area contributed by atoms with Crippen molar-refractivity contribution in [2.24, 2.45) is 0 Å². The molecule has 3 rings (SSSR count). The minimum atomic E-state index is -0.130. The number of nitrogens with zero attached hydrogens (tertiary/aromatic N) is 3. The summed E-state index contributed by atoms with van der Waals surface area (Å²) >= 11 is 0. The van der Waals surface area contributed by atoms with Gasteiger partial charge in [0.05, 0.1) is 18.5 Å². The Morgan fingerprint density at radius 2 is 1.88 bits per heavy atom. The van der Waals surface area contributed by atoms with E-state index in [1.165, 1.54) is 0 Å². The second-order valence-electron chi connectivity index (χ2n) is 6.51. The number of rotatable bonds is 5. The summed E-state index contributed by atoms with van der Waals surface area (Å²) in [5.74, 6) is 2.17. The van der Waals surface area contributed by atoms with Crippen LogP contribution in [0, 0.1) is 0 Å². The Morgan fingerprint density at radius 1 is 1.08 bits per heavy atom. The van der Waals surface area contributed by atoms with E-state index in [0.717, 1.165) is 22.8 Å². The van der Waals surface area contributed by atoms with Gasteiger partial charge in [0.1, 0.15) is 11.6 Å². The standard InChI is InChI=1S/C18H21N5O/c1-18(2,3)23-17-21-15(13-6-8-19-9-7-13)11-16(22-17)20-12-14-5-4-10-24-14/h4-11H,12H2,1-3H3,(H2,20,21,22,23). The van der Waals surface area contributed by atoms with Crippen LogP contribution in [-0.2, 0) is 6.54 Å². The summed E-state index contributed by atoms with van der Waals surface area (Å²) in [6, 6.07) is 9.57. The molecule has 0 aliphatic rings. The third kappa shape index (κ3) is 4.32. The fourth-order valence-corrected chi connectivity index (χ4v) is 2.19. The Kier molecular flexibility index (Phi) is 4.46. The first-order valence-corrected chi connectivity index (χ1v) is 7.83. The van der Waals surface area contributed by atoms with Crippen LogP contribution < -0.4 is 10.6 Å². The molecule has 0 atom stereocenters. The largest absolute Gasteiger partial charge is 0.467 e. The molecule has 6 heteroatoms. The van der Waals surface area contributed by atoms with Crippen LogP contribution in [0.25, 0.3) is 11.3 Å². The molecule has 0 aliphatic heterocycles. The molecule has 0 radical (unpaired) electrons. The number of furan rings is 1. The van der Waals surface area contributed by atoms with Gasteiger partial charge in [-0.1, -0.05) is 0 Å². The molecule has 0 saturated heterocycles. The maximum absolute atomic E-state index is 5.35. The molecule has 0 bridgehead atoms. The zero-order chi connectivity index (χ0) is 17.0. The lowest BCUT2D eigenvalue weighted by atomic mass is 10.1. The molecule has 0 saturated carbocycles. The third-order valence-corrected chi connectivity index (χ3v) is 3.21. The van der Waals surface area contributed by atoms with E-state index in [1.54, 1.807) is 18.7 Å². The van der Waals surface area contributed by atoms with Crippen molar-refractivity contribution in [3.63, 3.8) is 0 Å². The van der Waals surface area contributed by atoms with E-state index >= 15 is 0 Å². The van der Waals surface area contributed by atoms with Crippen LogP contribution in [0.1, 0.15) is 26.5 Å². The molecule has 6 nitrogen and oxygen atoms in total. The van der Waals surface area contributed by atoms with E-state index in [-0.39, 0.29) is 5.54 Å². The highest BCUT2D eigenvalue weighted by atomic mass is 16.3. The molecule has 0 amide bonds. The average Bonchev–Trinajstić information content (AvgIpc) is 3.05. The fraction of sp³-hybridized carbons (Fsp3) is 0.278. The molecular weight excluding hydrogens is 302 g/mol. The first kappa shape index (κ1) is 16.0. The summed E-state index contributed by atoms with van der Waals surface area (Å²) in [6.45, 7) is 6.79. The summed E-state index contributed by atoms with van der Waals surface area (Å²) in [6.07, 6.45) is 5.17. The van der Waals surface area contributed by atoms with E-state index in [0.29, 0.717) is 12.5 Å². The van der Waals surface area contributed by atoms with Crippen molar-refractivity contribution in [2.75, 3.05) is 10.6 Å². The molecule has 24 heavy (non-hydrogen) atoms. The van der Waals surface area contributed by atoms with Crippen molar-refractivity contribution < 1.29 is 4.42 Å². The van der Waals surface area contributed by atoms with E-state index in [9.17, 15) is 0 Å². The summed E-state index contributed by atoms with van der Waals surface area (Å²) in [5.41, 5.74) is 1.70. The number of hydrogen-bond donors (Lipinski definition) is 2. The van der Waals surface area contributed by atoms with Gasteiger partial charge in [0.15, 0.2) is 0 Å². The smallest absolute Gasteiger partial charge is 0.225 e. The molecule has 124 valence electrons. The van der Waals surface area contributed by atoms with Gasteiger partial charge in [0.25, 0.3) is 0 Å². The Balaban J connectivity index is 1.90. The first-order chi connectivity index (χ1) is 11.5. The van der Waals surface area contributed by atoms with Crippen LogP contribution in [0.2, 0.25) is 0 Å². The summed E-state index contributed by atoms with van der Waals surface area (Å²) in [4.78, 5) is 13.2. The van der Waals surface area contributed by atoms with Gasteiger partial charge in [-0.25, -0.2) is 4.98 Å². The van der Waals surface area contributed by atoms with Crippen LogP contribution in [0.3, 0.4) is 0 Å². The molecule has 3 aromatic heterocycles. The van der Waals surface area contributed by atoms with Crippen LogP contribution in [-0.4, -0.2) is 20.5 Å². The van der Waals surface area contributed by atoms with Gasteiger partial charge < -0.3 is 15.1 Å². The molecule has 3 aromatic rings. The van der Waals surface area contributed by atoms with Crippen LogP contribution in [0.5, 0.6) is 0 Å². The number of nitrogens with one attached hydrogen (secondary N) is 2. The van der Waals surface area contributed by atoms with Crippen LogP contribution in [0.15, 0.2) is 53.4 Å².